The van der Waals surface area contributed by atoms with Crippen LogP contribution in [0.4, 0.5) is 0 Å². The molecule has 1 aliphatic heterocycles. The van der Waals surface area contributed by atoms with Gasteiger partial charge in [0.25, 0.3) is 0 Å². The van der Waals surface area contributed by atoms with Gasteiger partial charge in [0.2, 0.25) is 17.7 Å². The second kappa shape index (κ2) is 7.01. The highest BCUT2D eigenvalue weighted by molar-refractivity contribution is 6.28. The largest absolute Gasteiger partial charge is 0.306 e. The van der Waals surface area contributed by atoms with Gasteiger partial charge in [-0.05, 0) is 0 Å². The summed E-state index contributed by atoms with van der Waals surface area (Å²) in [5.74, 6) is -1.74. The van der Waals surface area contributed by atoms with Gasteiger partial charge in [-0.3, -0.25) is 14.4 Å². The van der Waals surface area contributed by atoms with E-state index < -0.39 is 0 Å². The van der Waals surface area contributed by atoms with Crippen LogP contribution in [0.1, 0.15) is 0 Å². The van der Waals surface area contributed by atoms with E-state index >= 15 is 0 Å². The first kappa shape index (κ1) is 15.3. The fourth-order valence-corrected chi connectivity index (χ4v) is 1.99. The maximum absolute atomic E-state index is 11.5. The van der Waals surface area contributed by atoms with Crippen molar-refractivity contribution in [2.75, 3.05) is 37.6 Å². The third-order valence-corrected chi connectivity index (χ3v) is 3.11. The van der Waals surface area contributed by atoms with E-state index in [1.807, 2.05) is 0 Å². The molecule has 1 fully saturated rings. The fourth-order valence-electron chi connectivity index (χ4n) is 1.48. The predicted octanol–water partition coefficient (Wildman–Crippen LogP) is 0.0747. The highest BCUT2D eigenvalue weighted by atomic mass is 35.5. The van der Waals surface area contributed by atoms with Crippen molar-refractivity contribution in [1.29, 1.82) is 0 Å². The Bertz CT molecular complexity index is 295. The van der Waals surface area contributed by atoms with Gasteiger partial charge >= 0.3 is 0 Å². The van der Waals surface area contributed by atoms with Gasteiger partial charge in [-0.1, -0.05) is 0 Å². The first-order chi connectivity index (χ1) is 8.53. The molecule has 0 saturated carbocycles. The smallest absolute Gasteiger partial charge is 0.240 e. The first-order valence-electron chi connectivity index (χ1n) is 5.04. The lowest BCUT2D eigenvalue weighted by molar-refractivity contribution is -0.155. The summed E-state index contributed by atoms with van der Waals surface area (Å²) in [5.41, 5.74) is 0. The highest BCUT2D eigenvalue weighted by Crippen LogP contribution is 2.10. The van der Waals surface area contributed by atoms with E-state index in [4.69, 9.17) is 34.8 Å². The summed E-state index contributed by atoms with van der Waals surface area (Å²) < 4.78 is 0. The van der Waals surface area contributed by atoms with Crippen molar-refractivity contribution < 1.29 is 14.4 Å². The molecule has 0 unspecified atom stereocenters. The SMILES string of the molecule is O=C(CCl)N1CN(C(=O)CCl)CN(C(=O)CCl)C1. The van der Waals surface area contributed by atoms with Crippen molar-refractivity contribution in [3.8, 4) is 0 Å². The van der Waals surface area contributed by atoms with Gasteiger partial charge in [-0.15, -0.1) is 34.8 Å². The molecule has 1 heterocycles. The minimum Gasteiger partial charge on any atom is -0.306 e. The number of carbonyl (C=O) groups excluding carboxylic acids is 3. The minimum atomic E-state index is -0.365. The van der Waals surface area contributed by atoms with Crippen molar-refractivity contribution in [3.05, 3.63) is 0 Å². The fraction of sp³-hybridized carbons (Fsp3) is 0.667. The quantitative estimate of drug-likeness (QED) is 0.693. The average molecular weight is 317 g/mol. The molecule has 1 saturated heterocycles. The van der Waals surface area contributed by atoms with E-state index in [0.717, 1.165) is 0 Å². The zero-order chi connectivity index (χ0) is 13.7. The van der Waals surface area contributed by atoms with E-state index in [2.05, 4.69) is 0 Å². The number of halogens is 3. The number of carbonyl (C=O) groups is 3. The maximum Gasteiger partial charge on any atom is 0.240 e. The van der Waals surface area contributed by atoms with E-state index in [1.165, 1.54) is 14.7 Å². The Morgan fingerprint density at radius 1 is 0.667 bits per heavy atom. The number of alkyl halides is 3. The minimum absolute atomic E-state index is 0.0726. The van der Waals surface area contributed by atoms with Crippen LogP contribution in [0.25, 0.3) is 0 Å². The number of hydrogen-bond acceptors (Lipinski definition) is 3. The first-order valence-corrected chi connectivity index (χ1v) is 6.65. The second-order valence-electron chi connectivity index (χ2n) is 3.63. The summed E-state index contributed by atoms with van der Waals surface area (Å²) in [7, 11) is 0. The number of rotatable bonds is 3. The van der Waals surface area contributed by atoms with Gasteiger partial charge in [0, 0.05) is 0 Å². The zero-order valence-corrected chi connectivity index (χ0v) is 11.7. The molecule has 0 spiro atoms. The van der Waals surface area contributed by atoms with Crippen molar-refractivity contribution in [1.82, 2.24) is 14.7 Å². The third kappa shape index (κ3) is 3.63. The molecule has 0 N–H and O–H groups in total. The Kier molecular flexibility index (Phi) is 5.98. The number of hydrogen-bond donors (Lipinski definition) is 0. The van der Waals surface area contributed by atoms with Gasteiger partial charge in [0.05, 0.1) is 20.0 Å². The van der Waals surface area contributed by atoms with Gasteiger partial charge in [0.15, 0.2) is 0 Å². The van der Waals surface area contributed by atoms with Gasteiger partial charge in [-0.2, -0.15) is 0 Å². The lowest BCUT2D eigenvalue weighted by Crippen LogP contribution is -2.60. The van der Waals surface area contributed by atoms with Crippen LogP contribution in [0.2, 0.25) is 0 Å². The van der Waals surface area contributed by atoms with Crippen molar-refractivity contribution in [2.24, 2.45) is 0 Å². The standard InChI is InChI=1S/C9H12Cl3N3O3/c10-1-7(16)13-4-14(8(17)2-11)6-15(5-13)9(18)3-12/h1-6H2. The molecule has 0 aromatic heterocycles. The lowest BCUT2D eigenvalue weighted by atomic mass is 10.4. The van der Waals surface area contributed by atoms with Crippen LogP contribution in [-0.4, -0.2) is 70.1 Å². The lowest BCUT2D eigenvalue weighted by Gasteiger charge is -2.41. The van der Waals surface area contributed by atoms with Crippen LogP contribution in [0.15, 0.2) is 0 Å². The average Bonchev–Trinajstić information content (AvgIpc) is 2.43. The summed E-state index contributed by atoms with van der Waals surface area (Å²) in [6.07, 6.45) is 0. The predicted molar refractivity (Wildman–Crippen MR) is 67.3 cm³/mol. The molecule has 0 aliphatic carbocycles. The number of amides is 3. The van der Waals surface area contributed by atoms with Crippen LogP contribution in [0.3, 0.4) is 0 Å². The number of nitrogens with zero attached hydrogens (tertiary/aromatic N) is 3. The molecule has 102 valence electrons. The van der Waals surface area contributed by atoms with E-state index in [-0.39, 0.29) is 55.4 Å². The summed E-state index contributed by atoms with van der Waals surface area (Å²) in [4.78, 5) is 38.5. The maximum atomic E-state index is 11.5. The molecule has 18 heavy (non-hydrogen) atoms. The molecule has 3 amide bonds. The summed E-state index contributed by atoms with van der Waals surface area (Å²) in [5, 5.41) is 0. The molecular formula is C9H12Cl3N3O3. The Hall–Kier alpha value is -0.720. The highest BCUT2D eigenvalue weighted by Gasteiger charge is 2.30. The molecule has 1 aliphatic rings. The molecule has 0 bridgehead atoms. The molecule has 0 radical (unpaired) electrons. The van der Waals surface area contributed by atoms with Crippen LogP contribution >= 0.6 is 34.8 Å². The Labute approximate surface area is 119 Å². The van der Waals surface area contributed by atoms with Gasteiger partial charge in [0.1, 0.15) is 17.6 Å². The van der Waals surface area contributed by atoms with Crippen LogP contribution in [-0.2, 0) is 14.4 Å². The summed E-state index contributed by atoms with van der Waals surface area (Å²) in [6.45, 7) is 0.218. The van der Waals surface area contributed by atoms with E-state index in [9.17, 15) is 14.4 Å². The van der Waals surface area contributed by atoms with Crippen LogP contribution < -0.4 is 0 Å². The molecular weight excluding hydrogens is 304 g/mol. The Morgan fingerprint density at radius 3 is 1.06 bits per heavy atom. The molecule has 1 rings (SSSR count). The van der Waals surface area contributed by atoms with Crippen LogP contribution in [0, 0.1) is 0 Å². The van der Waals surface area contributed by atoms with E-state index in [0.29, 0.717) is 0 Å². The zero-order valence-electron chi connectivity index (χ0n) is 9.44. The normalized spacial score (nSPS) is 15.8. The van der Waals surface area contributed by atoms with Crippen molar-refractivity contribution in [3.63, 3.8) is 0 Å². The van der Waals surface area contributed by atoms with Gasteiger partial charge < -0.3 is 14.7 Å². The molecule has 6 nitrogen and oxygen atoms in total. The van der Waals surface area contributed by atoms with Crippen molar-refractivity contribution in [2.45, 2.75) is 0 Å². The van der Waals surface area contributed by atoms with E-state index in [1.54, 1.807) is 0 Å². The molecule has 0 atom stereocenters. The Balaban J connectivity index is 2.81. The third-order valence-electron chi connectivity index (χ3n) is 2.43. The molecule has 0 aromatic carbocycles. The van der Waals surface area contributed by atoms with Crippen LogP contribution in [0.5, 0.6) is 0 Å². The Morgan fingerprint density at radius 2 is 0.889 bits per heavy atom. The topological polar surface area (TPSA) is 60.9 Å². The second-order valence-corrected chi connectivity index (χ2v) is 4.43. The molecule has 0 aromatic rings. The summed E-state index contributed by atoms with van der Waals surface area (Å²) >= 11 is 16.4. The monoisotopic (exact) mass is 315 g/mol. The molecule has 9 heteroatoms. The summed E-state index contributed by atoms with van der Waals surface area (Å²) in [6, 6.07) is 0. The van der Waals surface area contributed by atoms with Crippen molar-refractivity contribution >= 4 is 52.5 Å². The van der Waals surface area contributed by atoms with Gasteiger partial charge in [-0.25, -0.2) is 0 Å².